The molecular weight excluding hydrogens is 332 g/mol. The Balaban J connectivity index is 1.88. The van der Waals surface area contributed by atoms with E-state index in [1.807, 2.05) is 24.3 Å². The number of thiophene rings is 2. The van der Waals surface area contributed by atoms with Crippen LogP contribution in [-0.4, -0.2) is 11.8 Å². The molecular formula is C12H12N2O2S4. The van der Waals surface area contributed by atoms with E-state index in [9.17, 15) is 9.59 Å². The Morgan fingerprint density at radius 2 is 1.25 bits per heavy atom. The highest BCUT2D eigenvalue weighted by Gasteiger charge is 2.06. The van der Waals surface area contributed by atoms with E-state index in [2.05, 4.69) is 10.6 Å². The molecule has 0 radical (unpaired) electrons. The number of anilines is 2. The van der Waals surface area contributed by atoms with E-state index in [4.69, 9.17) is 0 Å². The van der Waals surface area contributed by atoms with Crippen molar-refractivity contribution in [2.75, 3.05) is 10.6 Å². The maximum absolute atomic E-state index is 10.9. The molecule has 0 bridgehead atoms. The van der Waals surface area contributed by atoms with Crippen molar-refractivity contribution in [3.8, 4) is 0 Å². The molecule has 0 saturated carbocycles. The molecule has 2 aromatic rings. The van der Waals surface area contributed by atoms with Gasteiger partial charge in [-0.15, -0.1) is 22.7 Å². The van der Waals surface area contributed by atoms with Gasteiger partial charge in [-0.2, -0.15) is 0 Å². The van der Waals surface area contributed by atoms with E-state index >= 15 is 0 Å². The third-order valence-corrected chi connectivity index (χ3v) is 7.20. The Hall–Kier alpha value is -0.960. The summed E-state index contributed by atoms with van der Waals surface area (Å²) < 4.78 is 2.24. The molecule has 0 fully saturated rings. The average molecular weight is 345 g/mol. The SMILES string of the molecule is CC(=O)Nc1ccc(SSc2ccc(NC(C)=O)s2)s1. The van der Waals surface area contributed by atoms with Crippen molar-refractivity contribution in [2.45, 2.75) is 22.3 Å². The second-order valence-electron chi connectivity index (χ2n) is 3.77. The fraction of sp³-hybridized carbons (Fsp3) is 0.167. The zero-order chi connectivity index (χ0) is 14.5. The first kappa shape index (κ1) is 15.4. The van der Waals surface area contributed by atoms with Gasteiger partial charge in [-0.1, -0.05) is 0 Å². The number of carbonyl (C=O) groups is 2. The zero-order valence-electron chi connectivity index (χ0n) is 10.8. The quantitative estimate of drug-likeness (QED) is 0.783. The summed E-state index contributed by atoms with van der Waals surface area (Å²) in [5.74, 6) is -0.122. The van der Waals surface area contributed by atoms with Crippen LogP contribution in [0.15, 0.2) is 32.7 Å². The molecule has 0 aliphatic heterocycles. The van der Waals surface area contributed by atoms with Gasteiger partial charge in [0.15, 0.2) is 0 Å². The summed E-state index contributed by atoms with van der Waals surface area (Å²) in [4.78, 5) is 21.9. The lowest BCUT2D eigenvalue weighted by atomic mass is 10.6. The van der Waals surface area contributed by atoms with Crippen LogP contribution in [0.1, 0.15) is 13.8 Å². The summed E-state index contributed by atoms with van der Waals surface area (Å²) in [6, 6.07) is 7.75. The predicted molar refractivity (Wildman–Crippen MR) is 89.0 cm³/mol. The minimum atomic E-state index is -0.0609. The number of hydrogen-bond donors (Lipinski definition) is 2. The maximum atomic E-state index is 10.9. The monoisotopic (exact) mass is 344 g/mol. The van der Waals surface area contributed by atoms with Crippen LogP contribution in [0.2, 0.25) is 0 Å². The van der Waals surface area contributed by atoms with Gasteiger partial charge in [-0.05, 0) is 45.9 Å². The van der Waals surface area contributed by atoms with Crippen molar-refractivity contribution in [1.29, 1.82) is 0 Å². The summed E-state index contributed by atoms with van der Waals surface area (Å²) >= 11 is 3.09. The van der Waals surface area contributed by atoms with Crippen LogP contribution in [0.25, 0.3) is 0 Å². The van der Waals surface area contributed by atoms with E-state index < -0.39 is 0 Å². The number of hydrogen-bond acceptors (Lipinski definition) is 6. The molecule has 2 aromatic heterocycles. The Morgan fingerprint density at radius 3 is 1.60 bits per heavy atom. The summed E-state index contributed by atoms with van der Waals surface area (Å²) in [5.41, 5.74) is 0. The lowest BCUT2D eigenvalue weighted by molar-refractivity contribution is -0.115. The molecule has 2 N–H and O–H groups in total. The highest BCUT2D eigenvalue weighted by Crippen LogP contribution is 2.45. The molecule has 0 saturated heterocycles. The number of amides is 2. The standard InChI is InChI=1S/C12H12N2O2S4/c1-7(15)13-9-3-5-11(17-9)19-20-12-6-4-10(18-12)14-8(2)16/h3-6H,1-2H3,(H,13,15)(H,14,16). The smallest absolute Gasteiger partial charge is 0.221 e. The molecule has 4 nitrogen and oxygen atoms in total. The molecule has 8 heteroatoms. The largest absolute Gasteiger partial charge is 0.318 e. The van der Waals surface area contributed by atoms with Crippen LogP contribution in [0.3, 0.4) is 0 Å². The molecule has 0 aliphatic carbocycles. The Morgan fingerprint density at radius 1 is 0.850 bits per heavy atom. The second-order valence-corrected chi connectivity index (χ2v) is 8.66. The minimum Gasteiger partial charge on any atom is -0.318 e. The first-order valence-electron chi connectivity index (χ1n) is 5.62. The van der Waals surface area contributed by atoms with Crippen molar-refractivity contribution in [3.63, 3.8) is 0 Å². The van der Waals surface area contributed by atoms with Gasteiger partial charge in [0.05, 0.1) is 18.4 Å². The van der Waals surface area contributed by atoms with E-state index in [1.54, 1.807) is 44.3 Å². The van der Waals surface area contributed by atoms with Crippen LogP contribution in [-0.2, 0) is 9.59 Å². The van der Waals surface area contributed by atoms with Gasteiger partial charge in [0, 0.05) is 13.8 Å². The normalized spacial score (nSPS) is 10.3. The van der Waals surface area contributed by atoms with Crippen LogP contribution in [0.5, 0.6) is 0 Å². The fourth-order valence-corrected chi connectivity index (χ4v) is 5.93. The van der Waals surface area contributed by atoms with Crippen molar-refractivity contribution in [2.24, 2.45) is 0 Å². The summed E-state index contributed by atoms with van der Waals surface area (Å²) in [6.07, 6.45) is 0. The second kappa shape index (κ2) is 7.16. The Kier molecular flexibility index (Phi) is 5.53. The molecule has 0 atom stereocenters. The number of nitrogens with one attached hydrogen (secondary N) is 2. The summed E-state index contributed by atoms with van der Waals surface area (Å²) in [7, 11) is 3.27. The van der Waals surface area contributed by atoms with Crippen molar-refractivity contribution in [1.82, 2.24) is 0 Å². The molecule has 2 rings (SSSR count). The predicted octanol–water partition coefficient (Wildman–Crippen LogP) is 4.53. The minimum absolute atomic E-state index is 0.0609. The first-order chi connectivity index (χ1) is 9.52. The van der Waals surface area contributed by atoms with Gasteiger partial charge in [-0.25, -0.2) is 0 Å². The molecule has 0 aromatic carbocycles. The van der Waals surface area contributed by atoms with Crippen molar-refractivity contribution in [3.05, 3.63) is 24.3 Å². The average Bonchev–Trinajstić information content (AvgIpc) is 2.94. The molecule has 2 heterocycles. The zero-order valence-corrected chi connectivity index (χ0v) is 14.0. The number of carbonyl (C=O) groups excluding carboxylic acids is 2. The van der Waals surface area contributed by atoms with E-state index in [0.29, 0.717) is 0 Å². The molecule has 0 spiro atoms. The molecule has 0 aliphatic rings. The van der Waals surface area contributed by atoms with Crippen LogP contribution >= 0.6 is 44.3 Å². The molecule has 0 unspecified atom stereocenters. The van der Waals surface area contributed by atoms with Gasteiger partial charge >= 0.3 is 0 Å². The van der Waals surface area contributed by atoms with Crippen LogP contribution in [0.4, 0.5) is 10.0 Å². The van der Waals surface area contributed by atoms with Gasteiger partial charge in [0.2, 0.25) is 11.8 Å². The highest BCUT2D eigenvalue weighted by molar-refractivity contribution is 8.77. The van der Waals surface area contributed by atoms with Gasteiger partial charge < -0.3 is 10.6 Å². The Bertz CT molecular complexity index is 566. The Labute approximate surface area is 132 Å². The van der Waals surface area contributed by atoms with E-state index in [0.717, 1.165) is 18.4 Å². The van der Waals surface area contributed by atoms with Gasteiger partial charge in [0.25, 0.3) is 0 Å². The summed E-state index contributed by atoms with van der Waals surface area (Å²) in [6.45, 7) is 2.99. The lowest BCUT2D eigenvalue weighted by Gasteiger charge is -1.96. The fourth-order valence-electron chi connectivity index (χ4n) is 1.29. The molecule has 20 heavy (non-hydrogen) atoms. The molecule has 106 valence electrons. The van der Waals surface area contributed by atoms with Gasteiger partial charge in [-0.3, -0.25) is 9.59 Å². The van der Waals surface area contributed by atoms with E-state index in [1.165, 1.54) is 13.8 Å². The maximum Gasteiger partial charge on any atom is 0.221 e. The summed E-state index contributed by atoms with van der Waals surface area (Å²) in [5, 5.41) is 7.23. The highest BCUT2D eigenvalue weighted by atomic mass is 33.1. The third kappa shape index (κ3) is 4.86. The van der Waals surface area contributed by atoms with Crippen molar-refractivity contribution >= 4 is 66.1 Å². The topological polar surface area (TPSA) is 58.2 Å². The lowest BCUT2D eigenvalue weighted by Crippen LogP contribution is -2.03. The van der Waals surface area contributed by atoms with Crippen molar-refractivity contribution < 1.29 is 9.59 Å². The van der Waals surface area contributed by atoms with Crippen LogP contribution < -0.4 is 10.6 Å². The van der Waals surface area contributed by atoms with Gasteiger partial charge in [0.1, 0.15) is 0 Å². The first-order valence-corrected chi connectivity index (χ1v) is 9.40. The van der Waals surface area contributed by atoms with Crippen LogP contribution in [0, 0.1) is 0 Å². The third-order valence-electron chi connectivity index (χ3n) is 1.97. The number of rotatable bonds is 5. The molecule has 2 amide bonds. The van der Waals surface area contributed by atoms with E-state index in [-0.39, 0.29) is 11.8 Å².